The van der Waals surface area contributed by atoms with Crippen molar-refractivity contribution in [3.05, 3.63) is 22.7 Å². The predicted molar refractivity (Wildman–Crippen MR) is 78.8 cm³/mol. The van der Waals surface area contributed by atoms with E-state index in [-0.39, 0.29) is 0 Å². The average Bonchev–Trinajstić information content (AvgIpc) is 2.30. The smallest absolute Gasteiger partial charge is 0.0656 e. The van der Waals surface area contributed by atoms with Crippen LogP contribution in [0.5, 0.6) is 0 Å². The highest BCUT2D eigenvalue weighted by molar-refractivity contribution is 6.33. The van der Waals surface area contributed by atoms with Gasteiger partial charge < -0.3 is 11.2 Å². The molecule has 1 aliphatic rings. The van der Waals surface area contributed by atoms with Crippen LogP contribution in [-0.2, 0) is 0 Å². The van der Waals surface area contributed by atoms with Gasteiger partial charge in [0.1, 0.15) is 0 Å². The summed E-state index contributed by atoms with van der Waals surface area (Å²) in [5.74, 6) is 0. The summed E-state index contributed by atoms with van der Waals surface area (Å²) in [5, 5.41) is 2.94. The van der Waals surface area contributed by atoms with Gasteiger partial charge in [-0.1, -0.05) is 18.0 Å². The van der Waals surface area contributed by atoms with E-state index in [0.717, 1.165) is 11.3 Å². The van der Waals surface area contributed by atoms with Gasteiger partial charge in [-0.15, -0.1) is 0 Å². The summed E-state index contributed by atoms with van der Waals surface area (Å²) in [5.41, 5.74) is 12.1. The standard InChI is InChI=1S/C14H22ClN3/c1-9-7-13(16)12(15)8-14(9)17-18-10(2)5-4-6-11(18)3/h7-8,10-11,17H,4-6,16H2,1-3H3. The lowest BCUT2D eigenvalue weighted by atomic mass is 10.00. The zero-order valence-electron chi connectivity index (χ0n) is 11.3. The molecule has 0 aromatic heterocycles. The lowest BCUT2D eigenvalue weighted by Gasteiger charge is -2.39. The molecule has 0 aliphatic carbocycles. The second-order valence-electron chi connectivity index (χ2n) is 5.34. The minimum atomic E-state index is 0.546. The van der Waals surface area contributed by atoms with E-state index in [4.69, 9.17) is 17.3 Å². The monoisotopic (exact) mass is 267 g/mol. The number of nitrogen functional groups attached to an aromatic ring is 1. The molecule has 2 unspecified atom stereocenters. The van der Waals surface area contributed by atoms with Crippen molar-refractivity contribution in [2.45, 2.75) is 52.1 Å². The van der Waals surface area contributed by atoms with Gasteiger partial charge in [-0.05, 0) is 51.3 Å². The van der Waals surface area contributed by atoms with E-state index in [0.29, 0.717) is 22.8 Å². The third kappa shape index (κ3) is 2.73. The van der Waals surface area contributed by atoms with Crippen molar-refractivity contribution in [2.24, 2.45) is 0 Å². The van der Waals surface area contributed by atoms with Gasteiger partial charge in [0.25, 0.3) is 0 Å². The average molecular weight is 268 g/mol. The quantitative estimate of drug-likeness (QED) is 0.801. The maximum absolute atomic E-state index is 6.09. The topological polar surface area (TPSA) is 41.3 Å². The van der Waals surface area contributed by atoms with Gasteiger partial charge in [0.15, 0.2) is 0 Å². The zero-order chi connectivity index (χ0) is 13.3. The van der Waals surface area contributed by atoms with Gasteiger partial charge in [-0.25, -0.2) is 5.01 Å². The molecule has 3 N–H and O–H groups in total. The lowest BCUT2D eigenvalue weighted by Crippen LogP contribution is -2.47. The van der Waals surface area contributed by atoms with E-state index in [2.05, 4.69) is 24.3 Å². The molecule has 18 heavy (non-hydrogen) atoms. The van der Waals surface area contributed by atoms with Crippen molar-refractivity contribution in [1.82, 2.24) is 5.01 Å². The molecule has 0 bridgehead atoms. The molecule has 1 saturated heterocycles. The van der Waals surface area contributed by atoms with Gasteiger partial charge in [0.2, 0.25) is 0 Å². The Bertz CT molecular complexity index is 423. The van der Waals surface area contributed by atoms with E-state index >= 15 is 0 Å². The first-order valence-electron chi connectivity index (χ1n) is 6.59. The summed E-state index contributed by atoms with van der Waals surface area (Å²) in [6.07, 6.45) is 3.78. The van der Waals surface area contributed by atoms with Crippen LogP contribution in [0.3, 0.4) is 0 Å². The molecular formula is C14H22ClN3. The number of anilines is 2. The summed E-state index contributed by atoms with van der Waals surface area (Å²) in [7, 11) is 0. The van der Waals surface area contributed by atoms with Crippen molar-refractivity contribution < 1.29 is 0 Å². The molecule has 1 fully saturated rings. The number of rotatable bonds is 2. The Balaban J connectivity index is 2.20. The van der Waals surface area contributed by atoms with E-state index in [1.807, 2.05) is 19.1 Å². The van der Waals surface area contributed by atoms with Crippen LogP contribution < -0.4 is 11.2 Å². The Morgan fingerprint density at radius 2 is 1.89 bits per heavy atom. The summed E-state index contributed by atoms with van der Waals surface area (Å²) in [4.78, 5) is 0. The molecule has 2 rings (SSSR count). The van der Waals surface area contributed by atoms with E-state index in [1.165, 1.54) is 19.3 Å². The second-order valence-corrected chi connectivity index (χ2v) is 5.74. The van der Waals surface area contributed by atoms with Gasteiger partial charge in [-0.3, -0.25) is 0 Å². The fourth-order valence-electron chi connectivity index (χ4n) is 2.61. The molecule has 100 valence electrons. The van der Waals surface area contributed by atoms with Crippen molar-refractivity contribution in [3.8, 4) is 0 Å². The lowest BCUT2D eigenvalue weighted by molar-refractivity contribution is 0.135. The number of halogens is 1. The normalized spacial score (nSPS) is 25.1. The van der Waals surface area contributed by atoms with Crippen LogP contribution in [0.1, 0.15) is 38.7 Å². The van der Waals surface area contributed by atoms with Gasteiger partial charge in [-0.2, -0.15) is 0 Å². The number of nitrogens with one attached hydrogen (secondary N) is 1. The number of hydrazine groups is 1. The fraction of sp³-hybridized carbons (Fsp3) is 0.571. The number of nitrogens with zero attached hydrogens (tertiary/aromatic N) is 1. The first-order valence-corrected chi connectivity index (χ1v) is 6.97. The molecule has 0 radical (unpaired) electrons. The van der Waals surface area contributed by atoms with Gasteiger partial charge >= 0.3 is 0 Å². The Labute approximate surface area is 114 Å². The third-order valence-electron chi connectivity index (χ3n) is 3.79. The van der Waals surface area contributed by atoms with Crippen molar-refractivity contribution in [2.75, 3.05) is 11.2 Å². The van der Waals surface area contributed by atoms with E-state index in [9.17, 15) is 0 Å². The fourth-order valence-corrected chi connectivity index (χ4v) is 2.77. The Kier molecular flexibility index (Phi) is 4.03. The first kappa shape index (κ1) is 13.5. The summed E-state index contributed by atoms with van der Waals surface area (Å²) < 4.78 is 0. The Hall–Kier alpha value is -0.930. The van der Waals surface area contributed by atoms with Crippen LogP contribution >= 0.6 is 11.6 Å². The van der Waals surface area contributed by atoms with Crippen LogP contribution in [0.2, 0.25) is 5.02 Å². The maximum atomic E-state index is 6.09. The zero-order valence-corrected chi connectivity index (χ0v) is 12.1. The number of hydrogen-bond donors (Lipinski definition) is 2. The number of nitrogens with two attached hydrogens (primary N) is 1. The summed E-state index contributed by atoms with van der Waals surface area (Å²) >= 11 is 6.09. The molecule has 3 nitrogen and oxygen atoms in total. The number of hydrogen-bond acceptors (Lipinski definition) is 3. The summed E-state index contributed by atoms with van der Waals surface area (Å²) in [6, 6.07) is 4.93. The molecule has 1 heterocycles. The van der Waals surface area contributed by atoms with Crippen LogP contribution in [0.4, 0.5) is 11.4 Å². The SMILES string of the molecule is Cc1cc(N)c(Cl)cc1NN1C(C)CCCC1C. The molecular weight excluding hydrogens is 246 g/mol. The van der Waals surface area contributed by atoms with Crippen molar-refractivity contribution >= 4 is 23.0 Å². The molecule has 1 aromatic carbocycles. The van der Waals surface area contributed by atoms with Crippen molar-refractivity contribution in [1.29, 1.82) is 0 Å². The van der Waals surface area contributed by atoms with Crippen LogP contribution in [-0.4, -0.2) is 17.1 Å². The highest BCUT2D eigenvalue weighted by Crippen LogP contribution is 2.29. The summed E-state index contributed by atoms with van der Waals surface area (Å²) in [6.45, 7) is 6.57. The second kappa shape index (κ2) is 5.37. The first-order chi connectivity index (χ1) is 8.49. The Morgan fingerprint density at radius 3 is 2.50 bits per heavy atom. The molecule has 4 heteroatoms. The van der Waals surface area contributed by atoms with Crippen LogP contribution in [0.15, 0.2) is 12.1 Å². The van der Waals surface area contributed by atoms with E-state index in [1.54, 1.807) is 0 Å². The molecule has 2 atom stereocenters. The number of aryl methyl sites for hydroxylation is 1. The van der Waals surface area contributed by atoms with Crippen LogP contribution in [0.25, 0.3) is 0 Å². The largest absolute Gasteiger partial charge is 0.398 e. The molecule has 1 aromatic rings. The molecule has 1 aliphatic heterocycles. The molecule has 0 spiro atoms. The van der Waals surface area contributed by atoms with Crippen LogP contribution in [0, 0.1) is 6.92 Å². The number of benzene rings is 1. The third-order valence-corrected chi connectivity index (χ3v) is 4.11. The highest BCUT2D eigenvalue weighted by atomic mass is 35.5. The molecule has 0 saturated carbocycles. The number of piperidine rings is 1. The minimum Gasteiger partial charge on any atom is -0.398 e. The molecule has 0 amide bonds. The minimum absolute atomic E-state index is 0.546. The van der Waals surface area contributed by atoms with Gasteiger partial charge in [0.05, 0.1) is 16.4 Å². The Morgan fingerprint density at radius 1 is 1.28 bits per heavy atom. The van der Waals surface area contributed by atoms with Crippen molar-refractivity contribution in [3.63, 3.8) is 0 Å². The van der Waals surface area contributed by atoms with E-state index < -0.39 is 0 Å². The van der Waals surface area contributed by atoms with Gasteiger partial charge in [0, 0.05) is 12.1 Å². The predicted octanol–water partition coefficient (Wildman–Crippen LogP) is 3.82. The maximum Gasteiger partial charge on any atom is 0.0656 e. The highest BCUT2D eigenvalue weighted by Gasteiger charge is 2.25.